The van der Waals surface area contributed by atoms with Gasteiger partial charge in [0, 0.05) is 25.4 Å². The minimum atomic E-state index is -0.288. The number of nitrogens with two attached hydrogens (primary N) is 1. The van der Waals surface area contributed by atoms with Crippen LogP contribution < -0.4 is 11.1 Å². The first-order chi connectivity index (χ1) is 8.19. The van der Waals surface area contributed by atoms with Gasteiger partial charge in [0.25, 0.3) is 0 Å². The maximum Gasteiger partial charge on any atom is 0.234 e. The third-order valence-corrected chi connectivity index (χ3v) is 2.73. The number of carbonyl (C=O) groups is 1. The Labute approximate surface area is 102 Å². The molecule has 1 amide bonds. The van der Waals surface area contributed by atoms with E-state index >= 15 is 0 Å². The van der Waals surface area contributed by atoms with Crippen LogP contribution in [0.4, 0.5) is 0 Å². The number of hydrogen-bond acceptors (Lipinski definition) is 3. The van der Waals surface area contributed by atoms with Crippen molar-refractivity contribution in [3.8, 4) is 0 Å². The molecule has 1 aromatic heterocycles. The molecule has 17 heavy (non-hydrogen) atoms. The zero-order valence-corrected chi connectivity index (χ0v) is 10.6. The number of amides is 1. The summed E-state index contributed by atoms with van der Waals surface area (Å²) >= 11 is 0. The van der Waals surface area contributed by atoms with Crippen molar-refractivity contribution in [3.05, 3.63) is 18.2 Å². The van der Waals surface area contributed by atoms with Crippen LogP contribution in [0.15, 0.2) is 12.4 Å². The third kappa shape index (κ3) is 4.19. The zero-order chi connectivity index (χ0) is 12.7. The van der Waals surface area contributed by atoms with Gasteiger partial charge in [-0.25, -0.2) is 4.98 Å². The number of aromatic nitrogens is 2. The van der Waals surface area contributed by atoms with E-state index in [0.29, 0.717) is 6.42 Å². The molecule has 0 fully saturated rings. The van der Waals surface area contributed by atoms with Crippen LogP contribution in [0.25, 0.3) is 0 Å². The van der Waals surface area contributed by atoms with Crippen LogP contribution >= 0.6 is 0 Å². The summed E-state index contributed by atoms with van der Waals surface area (Å²) < 4.78 is 2.09. The molecule has 0 spiro atoms. The second-order valence-corrected chi connectivity index (χ2v) is 4.09. The topological polar surface area (TPSA) is 72.9 Å². The van der Waals surface area contributed by atoms with Crippen molar-refractivity contribution in [1.82, 2.24) is 14.9 Å². The maximum atomic E-state index is 11.2. The van der Waals surface area contributed by atoms with Gasteiger partial charge in [0.2, 0.25) is 5.91 Å². The molecule has 1 atom stereocenters. The van der Waals surface area contributed by atoms with Gasteiger partial charge in [-0.15, -0.1) is 0 Å². The number of likely N-dealkylation sites (N-methyl/N-ethyl adjacent to an activating group) is 1. The highest BCUT2D eigenvalue weighted by Crippen LogP contribution is 2.04. The lowest BCUT2D eigenvalue weighted by molar-refractivity contribution is -0.120. The van der Waals surface area contributed by atoms with Gasteiger partial charge < -0.3 is 15.6 Å². The number of hydrogen-bond donors (Lipinski definition) is 2. The first-order valence-corrected chi connectivity index (χ1v) is 6.21. The zero-order valence-electron chi connectivity index (χ0n) is 10.6. The minimum absolute atomic E-state index is 0.253. The van der Waals surface area contributed by atoms with E-state index in [1.807, 2.05) is 13.1 Å². The fourth-order valence-electron chi connectivity index (χ4n) is 1.85. The van der Waals surface area contributed by atoms with Crippen molar-refractivity contribution >= 4 is 5.91 Å². The molecule has 1 rings (SSSR count). The molecule has 0 aliphatic heterocycles. The van der Waals surface area contributed by atoms with E-state index in [2.05, 4.69) is 21.8 Å². The van der Waals surface area contributed by atoms with Gasteiger partial charge in [-0.3, -0.25) is 4.79 Å². The van der Waals surface area contributed by atoms with E-state index in [4.69, 9.17) is 5.73 Å². The average Bonchev–Trinajstić information content (AvgIpc) is 2.72. The molecule has 0 bridgehead atoms. The van der Waals surface area contributed by atoms with Crippen molar-refractivity contribution in [2.75, 3.05) is 6.54 Å². The van der Waals surface area contributed by atoms with Gasteiger partial charge in [-0.2, -0.15) is 0 Å². The molecular formula is C12H22N4O. The van der Waals surface area contributed by atoms with E-state index < -0.39 is 0 Å². The Balaban J connectivity index is 2.52. The fourth-order valence-corrected chi connectivity index (χ4v) is 1.85. The molecule has 1 heterocycles. The monoisotopic (exact) mass is 238 g/mol. The summed E-state index contributed by atoms with van der Waals surface area (Å²) in [7, 11) is 0. The highest BCUT2D eigenvalue weighted by Gasteiger charge is 2.14. The normalized spacial score (nSPS) is 12.6. The molecule has 5 heteroatoms. The lowest BCUT2D eigenvalue weighted by Gasteiger charge is -2.15. The first-order valence-electron chi connectivity index (χ1n) is 6.21. The minimum Gasteiger partial charge on any atom is -0.368 e. The summed E-state index contributed by atoms with van der Waals surface area (Å²) in [5, 5.41) is 3.09. The van der Waals surface area contributed by atoms with Crippen molar-refractivity contribution in [2.24, 2.45) is 5.73 Å². The summed E-state index contributed by atoms with van der Waals surface area (Å²) in [5.74, 6) is 0.788. The van der Waals surface area contributed by atoms with E-state index in [9.17, 15) is 4.79 Å². The Kier molecular flexibility index (Phi) is 5.69. The van der Waals surface area contributed by atoms with Gasteiger partial charge in [-0.1, -0.05) is 13.8 Å². The molecule has 5 nitrogen and oxygen atoms in total. The number of primary amides is 1. The predicted octanol–water partition coefficient (Wildman–Crippen LogP) is 0.689. The van der Waals surface area contributed by atoms with Crippen LogP contribution in [0.1, 0.15) is 32.5 Å². The quantitative estimate of drug-likeness (QED) is 0.700. The summed E-state index contributed by atoms with van der Waals surface area (Å²) in [6, 6.07) is -0.253. The lowest BCUT2D eigenvalue weighted by atomic mass is 10.2. The highest BCUT2D eigenvalue weighted by atomic mass is 16.1. The highest BCUT2D eigenvalue weighted by molar-refractivity contribution is 5.79. The van der Waals surface area contributed by atoms with E-state index in [1.54, 1.807) is 6.20 Å². The molecule has 1 unspecified atom stereocenters. The van der Waals surface area contributed by atoms with Crippen molar-refractivity contribution in [3.63, 3.8) is 0 Å². The Hall–Kier alpha value is -1.36. The predicted molar refractivity (Wildman–Crippen MR) is 67.5 cm³/mol. The fraction of sp³-hybridized carbons (Fsp3) is 0.667. The third-order valence-electron chi connectivity index (χ3n) is 2.73. The SMILES string of the molecule is CCCc1nccn1CCC(NCC)C(N)=O. The summed E-state index contributed by atoms with van der Waals surface area (Å²) in [5.41, 5.74) is 5.33. The van der Waals surface area contributed by atoms with Gasteiger partial charge in [-0.05, 0) is 19.4 Å². The van der Waals surface area contributed by atoms with Gasteiger partial charge in [0.15, 0.2) is 0 Å². The number of nitrogens with one attached hydrogen (secondary N) is 1. The molecule has 0 aromatic carbocycles. The van der Waals surface area contributed by atoms with Crippen LogP contribution in [0.3, 0.4) is 0 Å². The van der Waals surface area contributed by atoms with Crippen LogP contribution in [0.5, 0.6) is 0 Å². The number of aryl methyl sites for hydroxylation is 2. The number of nitrogens with zero attached hydrogens (tertiary/aromatic N) is 2. The molecule has 0 aliphatic rings. The summed E-state index contributed by atoms with van der Waals surface area (Å²) in [6.07, 6.45) is 6.50. The van der Waals surface area contributed by atoms with Crippen LogP contribution in [0, 0.1) is 0 Å². The number of imidazole rings is 1. The molecule has 1 aromatic rings. The molecule has 0 radical (unpaired) electrons. The molecule has 96 valence electrons. The van der Waals surface area contributed by atoms with Crippen molar-refractivity contribution in [1.29, 1.82) is 0 Å². The molecule has 0 aliphatic carbocycles. The van der Waals surface area contributed by atoms with E-state index in [1.165, 1.54) is 0 Å². The first kappa shape index (κ1) is 13.7. The van der Waals surface area contributed by atoms with Gasteiger partial charge in [0.1, 0.15) is 5.82 Å². The second-order valence-electron chi connectivity index (χ2n) is 4.09. The molecule has 0 saturated carbocycles. The van der Waals surface area contributed by atoms with Crippen LogP contribution in [-0.2, 0) is 17.8 Å². The standard InChI is InChI=1S/C12H22N4O/c1-3-5-11-15-7-9-16(11)8-6-10(12(13)17)14-4-2/h7,9-10,14H,3-6,8H2,1-2H3,(H2,13,17). The largest absolute Gasteiger partial charge is 0.368 e. The number of carbonyl (C=O) groups excluding carboxylic acids is 1. The van der Waals surface area contributed by atoms with Gasteiger partial charge >= 0.3 is 0 Å². The van der Waals surface area contributed by atoms with Crippen LogP contribution in [-0.4, -0.2) is 28.0 Å². The Morgan fingerprint density at radius 3 is 2.94 bits per heavy atom. The Morgan fingerprint density at radius 1 is 1.59 bits per heavy atom. The average molecular weight is 238 g/mol. The van der Waals surface area contributed by atoms with E-state index in [-0.39, 0.29) is 11.9 Å². The second kappa shape index (κ2) is 7.06. The smallest absolute Gasteiger partial charge is 0.234 e. The molecule has 3 N–H and O–H groups in total. The number of rotatable bonds is 8. The summed E-state index contributed by atoms with van der Waals surface area (Å²) in [4.78, 5) is 15.5. The molecular weight excluding hydrogens is 216 g/mol. The van der Waals surface area contributed by atoms with Crippen molar-refractivity contribution in [2.45, 2.75) is 45.7 Å². The summed E-state index contributed by atoms with van der Waals surface area (Å²) in [6.45, 7) is 5.62. The Morgan fingerprint density at radius 2 is 2.35 bits per heavy atom. The lowest BCUT2D eigenvalue weighted by Crippen LogP contribution is -2.41. The Bertz CT molecular complexity index is 348. The maximum absolute atomic E-state index is 11.2. The van der Waals surface area contributed by atoms with Gasteiger partial charge in [0.05, 0.1) is 6.04 Å². The van der Waals surface area contributed by atoms with E-state index in [0.717, 1.165) is 31.8 Å². The van der Waals surface area contributed by atoms with Crippen molar-refractivity contribution < 1.29 is 4.79 Å². The molecule has 0 saturated heterocycles. The van der Waals surface area contributed by atoms with Crippen LogP contribution in [0.2, 0.25) is 0 Å².